The molecule has 0 saturated carbocycles. The summed E-state index contributed by atoms with van der Waals surface area (Å²) in [7, 11) is -2.89. The quantitative estimate of drug-likeness (QED) is 0.435. The molecule has 32 heavy (non-hydrogen) atoms. The van der Waals surface area contributed by atoms with Crippen molar-refractivity contribution in [3.05, 3.63) is 45.4 Å². The zero-order valence-corrected chi connectivity index (χ0v) is 19.5. The molecule has 3 heterocycles. The van der Waals surface area contributed by atoms with Crippen LogP contribution in [0, 0.1) is 0 Å². The first-order valence-corrected chi connectivity index (χ1v) is 11.8. The molecule has 0 saturated heterocycles. The largest absolute Gasteiger partial charge is 0.451 e. The molecule has 0 aromatic carbocycles. The number of carbonyl (C=O) groups is 2. The molecule has 0 fully saturated rings. The first kappa shape index (κ1) is 23.8. The van der Waals surface area contributed by atoms with Gasteiger partial charge in [-0.05, 0) is 25.1 Å². The van der Waals surface area contributed by atoms with Gasteiger partial charge < -0.3 is 14.8 Å². The summed E-state index contributed by atoms with van der Waals surface area (Å²) in [4.78, 5) is 33.6. The number of hydrogen-bond donors (Lipinski definition) is 2. The summed E-state index contributed by atoms with van der Waals surface area (Å²) in [5.41, 5.74) is 1.71. The number of nitrogens with one attached hydrogen (secondary N) is 2. The van der Waals surface area contributed by atoms with E-state index >= 15 is 0 Å². The summed E-state index contributed by atoms with van der Waals surface area (Å²) in [6.45, 7) is 3.27. The molecule has 0 bridgehead atoms. The number of pyridine rings is 1. The summed E-state index contributed by atoms with van der Waals surface area (Å²) in [6.07, 6.45) is -0.682. The molecule has 1 aliphatic heterocycles. The van der Waals surface area contributed by atoms with E-state index < -0.39 is 28.3 Å². The number of halogens is 1. The van der Waals surface area contributed by atoms with Gasteiger partial charge >= 0.3 is 6.09 Å². The molecule has 0 spiro atoms. The van der Waals surface area contributed by atoms with Gasteiger partial charge in [0.05, 0.1) is 15.8 Å². The van der Waals surface area contributed by atoms with Crippen LogP contribution >= 0.6 is 22.9 Å². The molecule has 3 rings (SSSR count). The average Bonchev–Trinajstić information content (AvgIpc) is 3.14. The van der Waals surface area contributed by atoms with Crippen molar-refractivity contribution < 1.29 is 32.3 Å². The van der Waals surface area contributed by atoms with Gasteiger partial charge in [-0.3, -0.25) is 13.9 Å². The fourth-order valence-electron chi connectivity index (χ4n) is 2.68. The van der Waals surface area contributed by atoms with Gasteiger partial charge in [-0.15, -0.1) is 11.3 Å². The van der Waals surface area contributed by atoms with Crippen LogP contribution in [0.2, 0.25) is 4.34 Å². The molecule has 2 aromatic heterocycles. The zero-order valence-electron chi connectivity index (χ0n) is 17.1. The summed E-state index contributed by atoms with van der Waals surface area (Å²) >= 11 is 6.97. The van der Waals surface area contributed by atoms with Gasteiger partial charge in [-0.25, -0.2) is 18.2 Å². The molecule has 2 amide bonds. The Bertz CT molecular complexity index is 1150. The molecule has 2 N–H and O–H groups in total. The number of hydrogen-bond acceptors (Lipinski definition) is 9. The maximum atomic E-state index is 13.1. The lowest BCUT2D eigenvalue weighted by molar-refractivity contribution is -0.114. The van der Waals surface area contributed by atoms with Gasteiger partial charge in [0.25, 0.3) is 15.9 Å². The third kappa shape index (κ3) is 4.96. The SMILES string of the molecule is CCONC(=O)OC(C)OC1=C(C(=O)Nc2ccccn2)N(C)S(=O)(=O)c2cc(Cl)sc21. The van der Waals surface area contributed by atoms with E-state index in [1.165, 1.54) is 32.3 Å². The number of hydroxylamine groups is 1. The number of sulfonamides is 1. The standard InChI is InChI=1S/C18H19ClN4O7S2/c1-4-28-22-18(25)30-10(2)29-15-14(17(24)21-13-7-5-6-8-20-13)23(3)32(26,27)11-9-12(19)31-16(11)15/h5-10H,4H2,1-3H3,(H,22,25)(H,20,21,24). The van der Waals surface area contributed by atoms with E-state index in [0.717, 1.165) is 15.6 Å². The summed E-state index contributed by atoms with van der Waals surface area (Å²) in [6, 6.07) is 6.11. The highest BCUT2D eigenvalue weighted by atomic mass is 35.5. The minimum Gasteiger partial charge on any atom is -0.451 e. The van der Waals surface area contributed by atoms with Crippen LogP contribution in [0.5, 0.6) is 0 Å². The Morgan fingerprint density at radius 3 is 2.75 bits per heavy atom. The highest BCUT2D eigenvalue weighted by Crippen LogP contribution is 2.43. The third-order valence-corrected chi connectivity index (χ3v) is 7.19. The van der Waals surface area contributed by atoms with Crippen molar-refractivity contribution in [2.75, 3.05) is 19.0 Å². The van der Waals surface area contributed by atoms with Crippen LogP contribution < -0.4 is 10.8 Å². The van der Waals surface area contributed by atoms with Crippen LogP contribution in [0.15, 0.2) is 41.1 Å². The van der Waals surface area contributed by atoms with Gasteiger partial charge in [0.1, 0.15) is 10.7 Å². The molecule has 1 aliphatic rings. The maximum absolute atomic E-state index is 13.1. The summed E-state index contributed by atoms with van der Waals surface area (Å²) < 4.78 is 37.7. The van der Waals surface area contributed by atoms with Crippen molar-refractivity contribution in [1.82, 2.24) is 14.8 Å². The molecule has 1 unspecified atom stereocenters. The fourth-order valence-corrected chi connectivity index (χ4v) is 5.66. The number of rotatable bonds is 7. The number of carbonyl (C=O) groups excluding carboxylic acids is 2. The predicted octanol–water partition coefficient (Wildman–Crippen LogP) is 2.78. The van der Waals surface area contributed by atoms with Gasteiger partial charge in [-0.1, -0.05) is 17.7 Å². The number of nitrogens with zero attached hydrogens (tertiary/aromatic N) is 2. The van der Waals surface area contributed by atoms with Crippen LogP contribution in [0.3, 0.4) is 0 Å². The lowest BCUT2D eigenvalue weighted by atomic mass is 10.2. The topological polar surface area (TPSA) is 136 Å². The highest BCUT2D eigenvalue weighted by molar-refractivity contribution is 7.89. The lowest BCUT2D eigenvalue weighted by Gasteiger charge is -2.29. The fraction of sp³-hybridized carbons (Fsp3) is 0.278. The minimum atomic E-state index is -4.09. The van der Waals surface area contributed by atoms with E-state index in [-0.39, 0.29) is 38.0 Å². The van der Waals surface area contributed by atoms with E-state index in [4.69, 9.17) is 25.9 Å². The second-order valence-corrected chi connectivity index (χ2v) is 9.81. The van der Waals surface area contributed by atoms with E-state index in [0.29, 0.717) is 0 Å². The Morgan fingerprint density at radius 2 is 2.09 bits per heavy atom. The van der Waals surface area contributed by atoms with Crippen LogP contribution in [-0.4, -0.2) is 49.7 Å². The van der Waals surface area contributed by atoms with Gasteiger partial charge in [0, 0.05) is 20.2 Å². The lowest BCUT2D eigenvalue weighted by Crippen LogP contribution is -2.38. The van der Waals surface area contributed by atoms with Crippen molar-refractivity contribution in [2.45, 2.75) is 25.0 Å². The first-order chi connectivity index (χ1) is 15.1. The van der Waals surface area contributed by atoms with Crippen molar-refractivity contribution >= 4 is 56.5 Å². The van der Waals surface area contributed by atoms with Crippen LogP contribution in [-0.2, 0) is 29.1 Å². The molecule has 14 heteroatoms. The second kappa shape index (κ2) is 9.73. The summed E-state index contributed by atoms with van der Waals surface area (Å²) in [5.74, 6) is -0.726. The van der Waals surface area contributed by atoms with Crippen LogP contribution in [0.25, 0.3) is 5.76 Å². The van der Waals surface area contributed by atoms with Crippen molar-refractivity contribution in [3.8, 4) is 0 Å². The van der Waals surface area contributed by atoms with E-state index in [1.807, 2.05) is 5.48 Å². The molecule has 2 aromatic rings. The number of thiophene rings is 1. The third-order valence-electron chi connectivity index (χ3n) is 4.02. The summed E-state index contributed by atoms with van der Waals surface area (Å²) in [5, 5.41) is 2.53. The molecule has 11 nitrogen and oxygen atoms in total. The monoisotopic (exact) mass is 502 g/mol. The number of anilines is 1. The number of aromatic nitrogens is 1. The predicted molar refractivity (Wildman–Crippen MR) is 116 cm³/mol. The van der Waals surface area contributed by atoms with E-state index in [2.05, 4.69) is 10.3 Å². The van der Waals surface area contributed by atoms with Crippen LogP contribution in [0.1, 0.15) is 18.7 Å². The Kier molecular flexibility index (Phi) is 7.23. The van der Waals surface area contributed by atoms with Crippen molar-refractivity contribution in [3.63, 3.8) is 0 Å². The number of fused-ring (bicyclic) bond motifs is 1. The molecule has 172 valence electrons. The molecule has 0 aliphatic carbocycles. The number of ether oxygens (including phenoxy) is 2. The number of amides is 2. The highest BCUT2D eigenvalue weighted by Gasteiger charge is 2.41. The smallest absolute Gasteiger partial charge is 0.434 e. The maximum Gasteiger partial charge on any atom is 0.434 e. The van der Waals surface area contributed by atoms with Gasteiger partial charge in [-0.2, -0.15) is 5.48 Å². The normalized spacial score (nSPS) is 15.6. The molecular formula is C18H19ClN4O7S2. The van der Waals surface area contributed by atoms with Gasteiger partial charge in [0.15, 0.2) is 11.5 Å². The second-order valence-electron chi connectivity index (χ2n) is 6.19. The van der Waals surface area contributed by atoms with E-state index in [9.17, 15) is 18.0 Å². The Labute approximate surface area is 192 Å². The first-order valence-electron chi connectivity index (χ1n) is 9.15. The zero-order chi connectivity index (χ0) is 23.5. The Hall–Kier alpha value is -2.87. The van der Waals surface area contributed by atoms with Crippen molar-refractivity contribution in [1.29, 1.82) is 0 Å². The minimum absolute atomic E-state index is 0.0972. The average molecular weight is 503 g/mol. The molecule has 1 atom stereocenters. The molecular weight excluding hydrogens is 484 g/mol. The van der Waals surface area contributed by atoms with Crippen molar-refractivity contribution in [2.24, 2.45) is 0 Å². The Balaban J connectivity index is 2.01. The Morgan fingerprint density at radius 1 is 1.34 bits per heavy atom. The van der Waals surface area contributed by atoms with Crippen LogP contribution in [0.4, 0.5) is 10.6 Å². The molecule has 0 radical (unpaired) electrons. The number of likely N-dealkylation sites (N-methyl/N-ethyl adjacent to an activating group) is 1. The van der Waals surface area contributed by atoms with E-state index in [1.54, 1.807) is 19.1 Å². The van der Waals surface area contributed by atoms with Gasteiger partial charge in [0.2, 0.25) is 6.29 Å².